The molecule has 0 bridgehead atoms. The van der Waals surface area contributed by atoms with Crippen molar-refractivity contribution in [2.75, 3.05) is 6.61 Å². The van der Waals surface area contributed by atoms with Crippen molar-refractivity contribution in [3.05, 3.63) is 54.0 Å². The van der Waals surface area contributed by atoms with E-state index in [2.05, 4.69) is 0 Å². The number of esters is 1. The molecule has 0 amide bonds. The summed E-state index contributed by atoms with van der Waals surface area (Å²) in [6.07, 6.45) is 1.71. The first kappa shape index (κ1) is 16.0. The molecule has 6 heteroatoms. The van der Waals surface area contributed by atoms with Gasteiger partial charge in [0, 0.05) is 18.2 Å². The third-order valence-electron chi connectivity index (χ3n) is 3.32. The Morgan fingerprint density at radius 3 is 2.68 bits per heavy atom. The molecule has 3 aromatic rings. The first-order chi connectivity index (χ1) is 10.1. The van der Waals surface area contributed by atoms with Gasteiger partial charge in [-0.1, -0.05) is 6.07 Å². The zero-order valence-corrected chi connectivity index (χ0v) is 12.5. The number of carbonyl (C=O) groups excluding carboxylic acids is 1. The van der Waals surface area contributed by atoms with E-state index in [0.29, 0.717) is 11.0 Å². The molecule has 1 N–H and O–H groups in total. The molecule has 0 spiro atoms. The molecule has 2 aromatic heterocycles. The normalized spacial score (nSPS) is 10.5. The number of aromatic nitrogens is 1. The second kappa shape index (κ2) is 6.15. The van der Waals surface area contributed by atoms with E-state index >= 15 is 0 Å². The Bertz CT molecular complexity index is 867. The fourth-order valence-corrected chi connectivity index (χ4v) is 2.46. The molecule has 0 saturated carbocycles. The van der Waals surface area contributed by atoms with Gasteiger partial charge in [-0.05, 0) is 19.1 Å². The molecule has 0 aliphatic heterocycles. The van der Waals surface area contributed by atoms with Gasteiger partial charge in [-0.3, -0.25) is 0 Å². The molecule has 22 heavy (non-hydrogen) atoms. The van der Waals surface area contributed by atoms with Crippen molar-refractivity contribution in [1.82, 2.24) is 0 Å². The number of rotatable bonds is 2. The minimum absolute atomic E-state index is 0. The van der Waals surface area contributed by atoms with Gasteiger partial charge in [0.05, 0.1) is 6.61 Å². The summed E-state index contributed by atoms with van der Waals surface area (Å²) in [6, 6.07) is 9.66. The topological polar surface area (TPSA) is 50.6 Å². The van der Waals surface area contributed by atoms with Gasteiger partial charge < -0.3 is 22.3 Å². The Morgan fingerprint density at radius 1 is 1.23 bits per heavy atom. The summed E-state index contributed by atoms with van der Waals surface area (Å²) >= 11 is 0. The first-order valence-electron chi connectivity index (χ1n) is 6.55. The molecule has 0 radical (unpaired) electrons. The average molecular weight is 322 g/mol. The molecule has 0 aliphatic rings. The molecule has 4 nitrogen and oxygen atoms in total. The van der Waals surface area contributed by atoms with Crippen molar-refractivity contribution >= 4 is 22.4 Å². The highest BCUT2D eigenvalue weighted by Crippen LogP contribution is 2.31. The highest BCUT2D eigenvalue weighted by molar-refractivity contribution is 6.04. The molecule has 2 heterocycles. The van der Waals surface area contributed by atoms with Gasteiger partial charge >= 0.3 is 5.97 Å². The minimum Gasteiger partial charge on any atom is -1.00 e. The van der Waals surface area contributed by atoms with Gasteiger partial charge in [-0.2, -0.15) is 4.40 Å². The maximum Gasteiger partial charge on any atom is 0.348 e. The summed E-state index contributed by atoms with van der Waals surface area (Å²) in [5, 5.41) is 10.4. The van der Waals surface area contributed by atoms with Crippen LogP contribution in [-0.4, -0.2) is 17.7 Å². The molecule has 1 aromatic carbocycles. The van der Waals surface area contributed by atoms with Crippen LogP contribution in [0.2, 0.25) is 0 Å². The Hall–Kier alpha value is -2.40. The number of aromatic hydroxyl groups is 1. The van der Waals surface area contributed by atoms with E-state index in [9.17, 15) is 14.3 Å². The summed E-state index contributed by atoms with van der Waals surface area (Å²) in [7, 11) is 0. The fraction of sp³-hybridized carbons (Fsp3) is 0.125. The summed E-state index contributed by atoms with van der Waals surface area (Å²) in [4.78, 5) is 12.1. The van der Waals surface area contributed by atoms with E-state index in [0.717, 1.165) is 0 Å². The lowest BCUT2D eigenvalue weighted by atomic mass is 10.1. The number of hydrogen-bond donors (Lipinski definition) is 1. The third kappa shape index (κ3) is 2.33. The summed E-state index contributed by atoms with van der Waals surface area (Å²) in [5.74, 6) is -1.66. The van der Waals surface area contributed by atoms with Gasteiger partial charge in [0.15, 0.2) is 17.5 Å². The lowest BCUT2D eigenvalue weighted by molar-refractivity contribution is -0.481. The van der Waals surface area contributed by atoms with Crippen molar-refractivity contribution in [2.45, 2.75) is 6.92 Å². The van der Waals surface area contributed by atoms with Crippen LogP contribution >= 0.6 is 0 Å². The summed E-state index contributed by atoms with van der Waals surface area (Å²) in [6.45, 7) is 1.85. The number of fused-ring (bicyclic) bond motifs is 3. The van der Waals surface area contributed by atoms with Crippen molar-refractivity contribution < 1.29 is 35.8 Å². The van der Waals surface area contributed by atoms with Crippen molar-refractivity contribution in [1.29, 1.82) is 0 Å². The standard InChI is InChI=1S/C16H12FNO3.ClH/c1-2-21-16(20)14-12-7-3-4-9-18(12)11-8-5-6-10(17)13(11)15(14)19;/h3-9H,2H2,1H3;1H. The molecule has 3 rings (SSSR count). The minimum atomic E-state index is -0.677. The van der Waals surface area contributed by atoms with Crippen LogP contribution in [0.4, 0.5) is 4.39 Å². The summed E-state index contributed by atoms with van der Waals surface area (Å²) in [5.41, 5.74) is 0.915. The lowest BCUT2D eigenvalue weighted by Gasteiger charge is -2.08. The van der Waals surface area contributed by atoms with Crippen LogP contribution in [0.1, 0.15) is 17.3 Å². The SMILES string of the molecule is CCOC(=O)c1c(O)c2c(F)cccc2[n+]2ccccc12.[Cl-]. The molecule has 114 valence electrons. The van der Waals surface area contributed by atoms with Gasteiger partial charge in [0.25, 0.3) is 0 Å². The predicted molar refractivity (Wildman–Crippen MR) is 74.7 cm³/mol. The molecular weight excluding hydrogens is 309 g/mol. The van der Waals surface area contributed by atoms with E-state index in [1.807, 2.05) is 0 Å². The maximum absolute atomic E-state index is 14.1. The number of nitrogens with zero attached hydrogens (tertiary/aromatic N) is 1. The zero-order chi connectivity index (χ0) is 15.0. The third-order valence-corrected chi connectivity index (χ3v) is 3.32. The van der Waals surface area contributed by atoms with E-state index in [1.54, 1.807) is 47.9 Å². The summed E-state index contributed by atoms with van der Waals surface area (Å²) < 4.78 is 20.7. The predicted octanol–water partition coefficient (Wildman–Crippen LogP) is -0.396. The quantitative estimate of drug-likeness (QED) is 0.397. The van der Waals surface area contributed by atoms with Crippen molar-refractivity contribution in [2.24, 2.45) is 0 Å². The van der Waals surface area contributed by atoms with Crippen LogP contribution in [0.25, 0.3) is 16.4 Å². The number of hydrogen-bond acceptors (Lipinski definition) is 3. The number of pyridine rings is 2. The maximum atomic E-state index is 14.1. The highest BCUT2D eigenvalue weighted by atomic mass is 35.5. The zero-order valence-electron chi connectivity index (χ0n) is 11.7. The van der Waals surface area contributed by atoms with E-state index in [1.165, 1.54) is 6.07 Å². The molecular formula is C16H13ClFNO3. The number of carbonyl (C=O) groups is 1. The largest absolute Gasteiger partial charge is 1.00 e. The van der Waals surface area contributed by atoms with Crippen LogP contribution in [0.15, 0.2) is 42.6 Å². The van der Waals surface area contributed by atoms with E-state index < -0.39 is 17.5 Å². The van der Waals surface area contributed by atoms with E-state index in [-0.39, 0.29) is 30.0 Å². The highest BCUT2D eigenvalue weighted by Gasteiger charge is 2.27. The second-order valence-electron chi connectivity index (χ2n) is 4.53. The molecule has 0 aliphatic carbocycles. The number of benzene rings is 1. The second-order valence-corrected chi connectivity index (χ2v) is 4.53. The van der Waals surface area contributed by atoms with Crippen LogP contribution in [-0.2, 0) is 4.74 Å². The Balaban J connectivity index is 0.00000176. The van der Waals surface area contributed by atoms with Crippen LogP contribution in [0.5, 0.6) is 5.75 Å². The van der Waals surface area contributed by atoms with Crippen molar-refractivity contribution in [3.63, 3.8) is 0 Å². The van der Waals surface area contributed by atoms with E-state index in [4.69, 9.17) is 4.74 Å². The van der Waals surface area contributed by atoms with Gasteiger partial charge in [0.2, 0.25) is 11.0 Å². The molecule has 0 fully saturated rings. The monoisotopic (exact) mass is 321 g/mol. The average Bonchev–Trinajstić information content (AvgIpc) is 2.47. The molecule has 0 unspecified atom stereocenters. The Kier molecular flexibility index (Phi) is 4.47. The van der Waals surface area contributed by atoms with Gasteiger partial charge in [-0.15, -0.1) is 0 Å². The van der Waals surface area contributed by atoms with Gasteiger partial charge in [0.1, 0.15) is 11.2 Å². The molecule has 0 saturated heterocycles. The molecule has 0 atom stereocenters. The number of halogens is 2. The van der Waals surface area contributed by atoms with Crippen LogP contribution in [0.3, 0.4) is 0 Å². The van der Waals surface area contributed by atoms with Gasteiger partial charge in [-0.25, -0.2) is 9.18 Å². The fourth-order valence-electron chi connectivity index (χ4n) is 2.46. The lowest BCUT2D eigenvalue weighted by Crippen LogP contribution is -3.00. The smallest absolute Gasteiger partial charge is 0.348 e. The Labute approximate surface area is 132 Å². The Morgan fingerprint density at radius 2 is 1.95 bits per heavy atom. The van der Waals surface area contributed by atoms with Crippen LogP contribution in [0, 0.1) is 5.82 Å². The van der Waals surface area contributed by atoms with Crippen molar-refractivity contribution in [3.8, 4) is 5.75 Å². The number of ether oxygens (including phenoxy) is 1. The van der Waals surface area contributed by atoms with Crippen LogP contribution < -0.4 is 16.8 Å². The first-order valence-corrected chi connectivity index (χ1v) is 6.55.